The van der Waals surface area contributed by atoms with E-state index in [1.54, 1.807) is 36.2 Å². The highest BCUT2D eigenvalue weighted by molar-refractivity contribution is 5.89. The van der Waals surface area contributed by atoms with Gasteiger partial charge in [0.25, 0.3) is 0 Å². The number of nitrogens with zero attached hydrogens (tertiary/aromatic N) is 1. The second-order valence-electron chi connectivity index (χ2n) is 4.39. The number of urea groups is 1. The number of hydrogen-bond acceptors (Lipinski definition) is 2. The van der Waals surface area contributed by atoms with Crippen molar-refractivity contribution in [3.05, 3.63) is 60.2 Å². The molecule has 98 valence electrons. The smallest absolute Gasteiger partial charge is 0.321 e. The van der Waals surface area contributed by atoms with Gasteiger partial charge in [-0.2, -0.15) is 0 Å². The SMILES string of the molecule is CN(Cc1ccccc1)C(=O)Nc1ccc(N)cc1. The summed E-state index contributed by atoms with van der Waals surface area (Å²) in [6.07, 6.45) is 0. The topological polar surface area (TPSA) is 58.4 Å². The third-order valence-electron chi connectivity index (χ3n) is 2.77. The Hall–Kier alpha value is -2.49. The molecular formula is C15H17N3O. The molecule has 2 amide bonds. The van der Waals surface area contributed by atoms with Crippen molar-refractivity contribution < 1.29 is 4.79 Å². The molecule has 0 radical (unpaired) electrons. The number of hydrogen-bond donors (Lipinski definition) is 2. The van der Waals surface area contributed by atoms with Crippen LogP contribution in [0.4, 0.5) is 16.2 Å². The van der Waals surface area contributed by atoms with E-state index in [2.05, 4.69) is 5.32 Å². The molecule has 4 heteroatoms. The van der Waals surface area contributed by atoms with E-state index in [1.165, 1.54) is 0 Å². The van der Waals surface area contributed by atoms with Crippen molar-refractivity contribution in [3.8, 4) is 0 Å². The number of rotatable bonds is 3. The van der Waals surface area contributed by atoms with Crippen LogP contribution in [-0.4, -0.2) is 18.0 Å². The minimum atomic E-state index is -0.145. The third kappa shape index (κ3) is 3.74. The van der Waals surface area contributed by atoms with Crippen molar-refractivity contribution in [2.45, 2.75) is 6.54 Å². The van der Waals surface area contributed by atoms with Gasteiger partial charge in [0.15, 0.2) is 0 Å². The fourth-order valence-electron chi connectivity index (χ4n) is 1.71. The van der Waals surface area contributed by atoms with Gasteiger partial charge in [-0.3, -0.25) is 0 Å². The molecule has 0 heterocycles. The van der Waals surface area contributed by atoms with E-state index in [0.717, 1.165) is 11.3 Å². The Morgan fingerprint density at radius 2 is 1.74 bits per heavy atom. The van der Waals surface area contributed by atoms with Crippen LogP contribution in [-0.2, 0) is 6.54 Å². The van der Waals surface area contributed by atoms with Crippen LogP contribution in [0, 0.1) is 0 Å². The fraction of sp³-hybridized carbons (Fsp3) is 0.133. The molecular weight excluding hydrogens is 238 g/mol. The minimum Gasteiger partial charge on any atom is -0.399 e. The molecule has 2 rings (SSSR count). The third-order valence-corrected chi connectivity index (χ3v) is 2.77. The minimum absolute atomic E-state index is 0.145. The van der Waals surface area contributed by atoms with Crippen LogP contribution < -0.4 is 11.1 Å². The van der Waals surface area contributed by atoms with E-state index in [4.69, 9.17) is 5.73 Å². The molecule has 0 aliphatic carbocycles. The number of nitrogens with one attached hydrogen (secondary N) is 1. The summed E-state index contributed by atoms with van der Waals surface area (Å²) in [5, 5.41) is 2.82. The van der Waals surface area contributed by atoms with Gasteiger partial charge < -0.3 is 16.0 Å². The zero-order valence-electron chi connectivity index (χ0n) is 10.8. The number of carbonyl (C=O) groups is 1. The molecule has 0 fully saturated rings. The summed E-state index contributed by atoms with van der Waals surface area (Å²) in [4.78, 5) is 13.6. The van der Waals surface area contributed by atoms with Gasteiger partial charge in [0.2, 0.25) is 0 Å². The van der Waals surface area contributed by atoms with Crippen LogP contribution in [0.3, 0.4) is 0 Å². The summed E-state index contributed by atoms with van der Waals surface area (Å²) in [6.45, 7) is 0.571. The summed E-state index contributed by atoms with van der Waals surface area (Å²) in [7, 11) is 1.76. The molecule has 2 aromatic carbocycles. The van der Waals surface area contributed by atoms with Gasteiger partial charge in [-0.25, -0.2) is 4.79 Å². The van der Waals surface area contributed by atoms with Crippen molar-refractivity contribution >= 4 is 17.4 Å². The molecule has 19 heavy (non-hydrogen) atoms. The average molecular weight is 255 g/mol. The maximum atomic E-state index is 12.0. The molecule has 0 spiro atoms. The monoisotopic (exact) mass is 255 g/mol. The predicted octanol–water partition coefficient (Wildman–Crippen LogP) is 2.93. The maximum Gasteiger partial charge on any atom is 0.321 e. The van der Waals surface area contributed by atoms with Gasteiger partial charge in [-0.05, 0) is 29.8 Å². The van der Waals surface area contributed by atoms with E-state index >= 15 is 0 Å². The van der Waals surface area contributed by atoms with Gasteiger partial charge in [-0.1, -0.05) is 30.3 Å². The molecule has 4 nitrogen and oxygen atoms in total. The summed E-state index contributed by atoms with van der Waals surface area (Å²) in [6, 6.07) is 16.8. The van der Waals surface area contributed by atoms with Crippen molar-refractivity contribution in [2.75, 3.05) is 18.1 Å². The lowest BCUT2D eigenvalue weighted by Crippen LogP contribution is -2.30. The van der Waals surface area contributed by atoms with E-state index in [0.29, 0.717) is 12.2 Å². The highest BCUT2D eigenvalue weighted by Crippen LogP contribution is 2.11. The number of carbonyl (C=O) groups excluding carboxylic acids is 1. The molecule has 0 saturated heterocycles. The van der Waals surface area contributed by atoms with Crippen LogP contribution in [0.2, 0.25) is 0 Å². The van der Waals surface area contributed by atoms with Crippen LogP contribution in [0.1, 0.15) is 5.56 Å². The second-order valence-corrected chi connectivity index (χ2v) is 4.39. The first-order valence-electron chi connectivity index (χ1n) is 6.07. The molecule has 0 bridgehead atoms. The van der Waals surface area contributed by atoms with Gasteiger partial charge in [0.1, 0.15) is 0 Å². The van der Waals surface area contributed by atoms with Crippen molar-refractivity contribution in [1.82, 2.24) is 4.90 Å². The zero-order chi connectivity index (χ0) is 13.7. The Kier molecular flexibility index (Phi) is 4.03. The van der Waals surface area contributed by atoms with Gasteiger partial charge >= 0.3 is 6.03 Å². The average Bonchev–Trinajstić information content (AvgIpc) is 2.42. The Balaban J connectivity index is 1.94. The van der Waals surface area contributed by atoms with Crippen molar-refractivity contribution in [2.24, 2.45) is 0 Å². The molecule has 0 aliphatic heterocycles. The van der Waals surface area contributed by atoms with Crippen LogP contribution in [0.15, 0.2) is 54.6 Å². The van der Waals surface area contributed by atoms with E-state index in [1.807, 2.05) is 30.3 Å². The van der Waals surface area contributed by atoms with E-state index < -0.39 is 0 Å². The van der Waals surface area contributed by atoms with Crippen molar-refractivity contribution in [1.29, 1.82) is 0 Å². The van der Waals surface area contributed by atoms with Gasteiger partial charge in [0, 0.05) is 25.0 Å². The molecule has 0 aromatic heterocycles. The first-order valence-corrected chi connectivity index (χ1v) is 6.07. The number of amides is 2. The highest BCUT2D eigenvalue weighted by Gasteiger charge is 2.08. The molecule has 0 aliphatic rings. The van der Waals surface area contributed by atoms with Crippen molar-refractivity contribution in [3.63, 3.8) is 0 Å². The molecule has 2 aromatic rings. The first-order chi connectivity index (χ1) is 9.15. The lowest BCUT2D eigenvalue weighted by molar-refractivity contribution is 0.220. The number of anilines is 2. The standard InChI is InChI=1S/C15H17N3O/c1-18(11-12-5-3-2-4-6-12)15(19)17-14-9-7-13(16)8-10-14/h2-10H,11,16H2,1H3,(H,17,19). The van der Waals surface area contributed by atoms with Gasteiger partial charge in [0.05, 0.1) is 0 Å². The fourth-order valence-corrected chi connectivity index (χ4v) is 1.71. The first kappa shape index (κ1) is 13.0. The summed E-state index contributed by atoms with van der Waals surface area (Å²) < 4.78 is 0. The summed E-state index contributed by atoms with van der Waals surface area (Å²) in [5.74, 6) is 0. The number of nitrogen functional groups attached to an aromatic ring is 1. The molecule has 0 unspecified atom stereocenters. The number of benzene rings is 2. The Labute approximate surface area is 112 Å². The van der Waals surface area contributed by atoms with Crippen LogP contribution in [0.25, 0.3) is 0 Å². The second kappa shape index (κ2) is 5.91. The van der Waals surface area contributed by atoms with E-state index in [-0.39, 0.29) is 6.03 Å². The number of nitrogens with two attached hydrogens (primary N) is 1. The molecule has 0 atom stereocenters. The Morgan fingerprint density at radius 1 is 1.11 bits per heavy atom. The normalized spacial score (nSPS) is 9.95. The molecule has 3 N–H and O–H groups in total. The van der Waals surface area contributed by atoms with E-state index in [9.17, 15) is 4.79 Å². The lowest BCUT2D eigenvalue weighted by atomic mass is 10.2. The predicted molar refractivity (Wildman–Crippen MR) is 77.8 cm³/mol. The lowest BCUT2D eigenvalue weighted by Gasteiger charge is -2.18. The quantitative estimate of drug-likeness (QED) is 0.828. The Morgan fingerprint density at radius 3 is 2.37 bits per heavy atom. The summed E-state index contributed by atoms with van der Waals surface area (Å²) >= 11 is 0. The van der Waals surface area contributed by atoms with Crippen LogP contribution >= 0.6 is 0 Å². The summed E-state index contributed by atoms with van der Waals surface area (Å²) in [5.41, 5.74) is 8.10. The highest BCUT2D eigenvalue weighted by atomic mass is 16.2. The van der Waals surface area contributed by atoms with Crippen LogP contribution in [0.5, 0.6) is 0 Å². The van der Waals surface area contributed by atoms with Gasteiger partial charge in [-0.15, -0.1) is 0 Å². The largest absolute Gasteiger partial charge is 0.399 e. The molecule has 0 saturated carbocycles. The maximum absolute atomic E-state index is 12.0. The Bertz CT molecular complexity index is 537. The zero-order valence-corrected chi connectivity index (χ0v) is 10.8.